The van der Waals surface area contributed by atoms with Crippen LogP contribution in [-0.4, -0.2) is 10.9 Å². The van der Waals surface area contributed by atoms with Gasteiger partial charge in [-0.15, -0.1) is 0 Å². The van der Waals surface area contributed by atoms with Crippen molar-refractivity contribution < 1.29 is 9.21 Å². The number of carbonyl (C=O) groups is 1. The summed E-state index contributed by atoms with van der Waals surface area (Å²) < 4.78 is 4.98. The molecule has 0 aliphatic carbocycles. The molecule has 5 heteroatoms. The van der Waals surface area contributed by atoms with Gasteiger partial charge in [-0.05, 0) is 24.3 Å². The van der Waals surface area contributed by atoms with E-state index in [9.17, 15) is 9.59 Å². The summed E-state index contributed by atoms with van der Waals surface area (Å²) in [5, 5.41) is 3.18. The van der Waals surface area contributed by atoms with Crippen LogP contribution in [0.1, 0.15) is 10.4 Å². The lowest BCUT2D eigenvalue weighted by Crippen LogP contribution is -2.15. The molecular formula is C15H10N2O3. The second kappa shape index (κ2) is 4.97. The monoisotopic (exact) mass is 266 g/mol. The van der Waals surface area contributed by atoms with E-state index in [-0.39, 0.29) is 11.8 Å². The molecule has 1 heterocycles. The van der Waals surface area contributed by atoms with Crippen LogP contribution in [0.15, 0.2) is 63.8 Å². The van der Waals surface area contributed by atoms with Crippen molar-refractivity contribution in [2.24, 2.45) is 0 Å². The summed E-state index contributed by atoms with van der Waals surface area (Å²) in [5.41, 5.74) is 0.961. The minimum Gasteiger partial charge on any atom is -0.391 e. The fraction of sp³-hybridized carbons (Fsp3) is 0. The molecule has 0 unspecified atom stereocenters. The molecule has 0 saturated carbocycles. The van der Waals surface area contributed by atoms with Crippen molar-refractivity contribution in [1.82, 2.24) is 4.98 Å². The highest BCUT2D eigenvalue weighted by Gasteiger charge is 2.11. The molecule has 0 atom stereocenters. The van der Waals surface area contributed by atoms with Gasteiger partial charge in [0.15, 0.2) is 0 Å². The summed E-state index contributed by atoms with van der Waals surface area (Å²) >= 11 is 0. The second-order valence-corrected chi connectivity index (χ2v) is 4.15. The van der Waals surface area contributed by atoms with Crippen LogP contribution in [0.4, 0.5) is 5.88 Å². The first-order valence-corrected chi connectivity index (χ1v) is 6.00. The zero-order chi connectivity index (χ0) is 13.9. The highest BCUT2D eigenvalue weighted by molar-refractivity contribution is 6.07. The number of hydrogen-bond acceptors (Lipinski definition) is 4. The summed E-state index contributed by atoms with van der Waals surface area (Å²) in [6, 6.07) is 15.6. The molecule has 1 amide bonds. The summed E-state index contributed by atoms with van der Waals surface area (Å²) in [6.07, 6.45) is 0. The SMILES string of the molecule is O=C(Nc1oc(=O)nc2ccccc12)c1ccccc1. The van der Waals surface area contributed by atoms with E-state index >= 15 is 0 Å². The van der Waals surface area contributed by atoms with Crippen molar-refractivity contribution in [3.8, 4) is 0 Å². The molecule has 3 aromatic rings. The van der Waals surface area contributed by atoms with Crippen LogP contribution in [0, 0.1) is 0 Å². The molecule has 1 N–H and O–H groups in total. The molecule has 98 valence electrons. The standard InChI is InChI=1S/C15H10N2O3/c18-13(10-6-2-1-3-7-10)17-14-11-8-4-5-9-12(11)16-15(19)20-14/h1-9H,(H,17,18). The number of amides is 1. The lowest BCUT2D eigenvalue weighted by atomic mass is 10.2. The van der Waals surface area contributed by atoms with E-state index in [0.717, 1.165) is 0 Å². The van der Waals surface area contributed by atoms with Gasteiger partial charge >= 0.3 is 5.76 Å². The molecule has 0 radical (unpaired) electrons. The van der Waals surface area contributed by atoms with Crippen molar-refractivity contribution in [1.29, 1.82) is 0 Å². The first kappa shape index (κ1) is 12.1. The second-order valence-electron chi connectivity index (χ2n) is 4.15. The fourth-order valence-electron chi connectivity index (χ4n) is 1.88. The summed E-state index contributed by atoms with van der Waals surface area (Å²) in [5.74, 6) is -0.980. The van der Waals surface area contributed by atoms with Gasteiger partial charge in [0.05, 0.1) is 10.9 Å². The Hall–Kier alpha value is -2.95. The third-order valence-electron chi connectivity index (χ3n) is 2.81. The van der Waals surface area contributed by atoms with E-state index < -0.39 is 5.76 Å². The van der Waals surface area contributed by atoms with Crippen LogP contribution >= 0.6 is 0 Å². The average molecular weight is 266 g/mol. The smallest absolute Gasteiger partial charge is 0.391 e. The summed E-state index contributed by atoms with van der Waals surface area (Å²) in [4.78, 5) is 27.2. The van der Waals surface area contributed by atoms with Gasteiger partial charge in [-0.1, -0.05) is 30.3 Å². The zero-order valence-corrected chi connectivity index (χ0v) is 10.4. The summed E-state index contributed by atoms with van der Waals surface area (Å²) in [7, 11) is 0. The molecule has 0 fully saturated rings. The van der Waals surface area contributed by atoms with Gasteiger partial charge in [0.25, 0.3) is 5.91 Å². The highest BCUT2D eigenvalue weighted by Crippen LogP contribution is 2.19. The predicted octanol–water partition coefficient (Wildman–Crippen LogP) is 2.44. The number of para-hydroxylation sites is 1. The molecule has 0 aliphatic rings. The van der Waals surface area contributed by atoms with Crippen molar-refractivity contribution in [3.63, 3.8) is 0 Å². The molecule has 1 aromatic heterocycles. The van der Waals surface area contributed by atoms with Crippen LogP contribution < -0.4 is 11.1 Å². The van der Waals surface area contributed by atoms with Crippen molar-refractivity contribution in [2.75, 3.05) is 5.32 Å². The van der Waals surface area contributed by atoms with E-state index in [2.05, 4.69) is 10.3 Å². The third-order valence-corrected chi connectivity index (χ3v) is 2.81. The van der Waals surface area contributed by atoms with Crippen molar-refractivity contribution in [2.45, 2.75) is 0 Å². The Morgan fingerprint density at radius 1 is 1.00 bits per heavy atom. The molecule has 0 bridgehead atoms. The van der Waals surface area contributed by atoms with Crippen LogP contribution in [0.3, 0.4) is 0 Å². The van der Waals surface area contributed by atoms with E-state index in [1.807, 2.05) is 6.07 Å². The topological polar surface area (TPSA) is 72.2 Å². The Labute approximate surface area is 113 Å². The molecule has 2 aromatic carbocycles. The lowest BCUT2D eigenvalue weighted by Gasteiger charge is -2.06. The normalized spacial score (nSPS) is 10.4. The predicted molar refractivity (Wildman–Crippen MR) is 74.7 cm³/mol. The van der Waals surface area contributed by atoms with E-state index in [0.29, 0.717) is 16.5 Å². The van der Waals surface area contributed by atoms with Gasteiger partial charge in [-0.2, -0.15) is 4.98 Å². The van der Waals surface area contributed by atoms with E-state index in [4.69, 9.17) is 4.42 Å². The van der Waals surface area contributed by atoms with Crippen molar-refractivity contribution in [3.05, 3.63) is 70.7 Å². The minimum absolute atomic E-state index is 0.106. The Bertz CT molecular complexity index is 825. The molecule has 0 saturated heterocycles. The highest BCUT2D eigenvalue weighted by atomic mass is 16.4. The number of anilines is 1. The molecule has 5 nitrogen and oxygen atoms in total. The van der Waals surface area contributed by atoms with Crippen LogP contribution in [-0.2, 0) is 0 Å². The lowest BCUT2D eigenvalue weighted by molar-refractivity contribution is 0.102. The molecule has 3 rings (SSSR count). The molecular weight excluding hydrogens is 256 g/mol. The third kappa shape index (κ3) is 2.29. The van der Waals surface area contributed by atoms with Gasteiger partial charge in [-0.25, -0.2) is 4.79 Å². The first-order chi connectivity index (χ1) is 9.74. The number of rotatable bonds is 2. The van der Waals surface area contributed by atoms with Crippen molar-refractivity contribution >= 4 is 22.7 Å². The number of carbonyl (C=O) groups excluding carboxylic acids is 1. The Morgan fingerprint density at radius 3 is 2.50 bits per heavy atom. The Kier molecular flexibility index (Phi) is 3.01. The van der Waals surface area contributed by atoms with E-state index in [1.165, 1.54) is 0 Å². The molecule has 0 spiro atoms. The van der Waals surface area contributed by atoms with Crippen LogP contribution in [0.5, 0.6) is 0 Å². The number of fused-ring (bicyclic) bond motifs is 1. The maximum atomic E-state index is 12.1. The van der Waals surface area contributed by atoms with Gasteiger partial charge in [0.1, 0.15) is 0 Å². The maximum absolute atomic E-state index is 12.1. The number of aromatic nitrogens is 1. The number of hydrogen-bond donors (Lipinski definition) is 1. The largest absolute Gasteiger partial charge is 0.440 e. The van der Waals surface area contributed by atoms with Gasteiger partial charge in [-0.3, -0.25) is 10.1 Å². The van der Waals surface area contributed by atoms with Gasteiger partial charge < -0.3 is 4.42 Å². The van der Waals surface area contributed by atoms with Crippen LogP contribution in [0.25, 0.3) is 10.9 Å². The number of nitrogens with zero attached hydrogens (tertiary/aromatic N) is 1. The average Bonchev–Trinajstić information content (AvgIpc) is 2.48. The molecule has 0 aliphatic heterocycles. The summed E-state index contributed by atoms with van der Waals surface area (Å²) in [6.45, 7) is 0. The number of benzene rings is 2. The Balaban J connectivity index is 2.03. The maximum Gasteiger partial charge on any atom is 0.440 e. The van der Waals surface area contributed by atoms with Gasteiger partial charge in [0, 0.05) is 5.56 Å². The fourth-order valence-corrected chi connectivity index (χ4v) is 1.88. The van der Waals surface area contributed by atoms with E-state index in [1.54, 1.807) is 48.5 Å². The first-order valence-electron chi connectivity index (χ1n) is 6.00. The molecule has 20 heavy (non-hydrogen) atoms. The minimum atomic E-state index is -0.743. The van der Waals surface area contributed by atoms with Gasteiger partial charge in [0.2, 0.25) is 5.88 Å². The van der Waals surface area contributed by atoms with Crippen LogP contribution in [0.2, 0.25) is 0 Å². The zero-order valence-electron chi connectivity index (χ0n) is 10.4. The number of nitrogens with one attached hydrogen (secondary N) is 1. The Morgan fingerprint density at radius 2 is 1.70 bits per heavy atom. The quantitative estimate of drug-likeness (QED) is 0.773.